The van der Waals surface area contributed by atoms with Crippen LogP contribution in [0.15, 0.2) is 48.8 Å². The Morgan fingerprint density at radius 1 is 1.00 bits per heavy atom. The average molecular weight is 248 g/mol. The lowest BCUT2D eigenvalue weighted by Gasteiger charge is -2.04. The Morgan fingerprint density at radius 3 is 2.74 bits per heavy atom. The van der Waals surface area contributed by atoms with Gasteiger partial charge in [-0.15, -0.1) is 0 Å². The first-order chi connectivity index (χ1) is 9.26. The van der Waals surface area contributed by atoms with Gasteiger partial charge in [-0.3, -0.25) is 14.8 Å². The lowest BCUT2D eigenvalue weighted by Crippen LogP contribution is -1.87. The van der Waals surface area contributed by atoms with Gasteiger partial charge < -0.3 is 0 Å². The molecule has 0 spiro atoms. The SMILES string of the molecule is Cc1ccc2cc(-c3cncc(C=O)c3)ccc2n1. The van der Waals surface area contributed by atoms with Gasteiger partial charge in [-0.25, -0.2) is 0 Å². The maximum Gasteiger partial charge on any atom is 0.151 e. The van der Waals surface area contributed by atoms with E-state index in [4.69, 9.17) is 0 Å². The van der Waals surface area contributed by atoms with Crippen LogP contribution in [0, 0.1) is 6.92 Å². The van der Waals surface area contributed by atoms with Crippen LogP contribution in [-0.2, 0) is 0 Å². The van der Waals surface area contributed by atoms with Gasteiger partial charge in [0.25, 0.3) is 0 Å². The molecule has 2 heterocycles. The lowest BCUT2D eigenvalue weighted by molar-refractivity contribution is 0.112. The second-order valence-corrected chi connectivity index (χ2v) is 4.48. The molecular weight excluding hydrogens is 236 g/mol. The van der Waals surface area contributed by atoms with Crippen molar-refractivity contribution in [2.75, 3.05) is 0 Å². The summed E-state index contributed by atoms with van der Waals surface area (Å²) in [6, 6.07) is 11.9. The summed E-state index contributed by atoms with van der Waals surface area (Å²) in [5.74, 6) is 0. The monoisotopic (exact) mass is 248 g/mol. The van der Waals surface area contributed by atoms with Crippen molar-refractivity contribution in [3.8, 4) is 11.1 Å². The summed E-state index contributed by atoms with van der Waals surface area (Å²) in [4.78, 5) is 19.3. The molecule has 2 aromatic heterocycles. The van der Waals surface area contributed by atoms with E-state index in [1.807, 2.05) is 31.2 Å². The smallest absolute Gasteiger partial charge is 0.151 e. The fraction of sp³-hybridized carbons (Fsp3) is 0.0625. The number of fused-ring (bicyclic) bond motifs is 1. The molecule has 0 unspecified atom stereocenters. The Morgan fingerprint density at radius 2 is 1.89 bits per heavy atom. The zero-order chi connectivity index (χ0) is 13.2. The third-order valence-electron chi connectivity index (χ3n) is 3.06. The highest BCUT2D eigenvalue weighted by atomic mass is 16.1. The quantitative estimate of drug-likeness (QED) is 0.653. The average Bonchev–Trinajstić information content (AvgIpc) is 2.46. The number of aldehydes is 1. The summed E-state index contributed by atoms with van der Waals surface area (Å²) in [6.07, 6.45) is 4.13. The molecule has 3 aromatic rings. The molecule has 0 saturated carbocycles. The Labute approximate surface area is 111 Å². The number of aromatic nitrogens is 2. The third-order valence-corrected chi connectivity index (χ3v) is 3.06. The molecule has 0 amide bonds. The first-order valence-electron chi connectivity index (χ1n) is 6.04. The van der Waals surface area contributed by atoms with E-state index >= 15 is 0 Å². The molecule has 1 aromatic carbocycles. The molecule has 0 aliphatic carbocycles. The van der Waals surface area contributed by atoms with Gasteiger partial charge in [0.05, 0.1) is 5.52 Å². The van der Waals surface area contributed by atoms with Gasteiger partial charge in [0.2, 0.25) is 0 Å². The van der Waals surface area contributed by atoms with E-state index in [9.17, 15) is 4.79 Å². The first kappa shape index (κ1) is 11.5. The molecular formula is C16H12N2O. The van der Waals surface area contributed by atoms with Gasteiger partial charge in [0, 0.05) is 34.6 Å². The summed E-state index contributed by atoms with van der Waals surface area (Å²) in [5, 5.41) is 1.08. The van der Waals surface area contributed by atoms with Gasteiger partial charge in [0.1, 0.15) is 0 Å². The van der Waals surface area contributed by atoms with Crippen molar-refractivity contribution in [3.05, 3.63) is 60.0 Å². The predicted molar refractivity (Wildman–Crippen MR) is 75.1 cm³/mol. The molecule has 0 saturated heterocycles. The minimum absolute atomic E-state index is 0.583. The number of nitrogens with zero attached hydrogens (tertiary/aromatic N) is 2. The molecule has 0 bridgehead atoms. The first-order valence-corrected chi connectivity index (χ1v) is 6.04. The van der Waals surface area contributed by atoms with E-state index in [-0.39, 0.29) is 0 Å². The van der Waals surface area contributed by atoms with Crippen molar-refractivity contribution < 1.29 is 4.79 Å². The van der Waals surface area contributed by atoms with E-state index in [1.54, 1.807) is 12.4 Å². The van der Waals surface area contributed by atoms with Gasteiger partial charge in [-0.1, -0.05) is 12.1 Å². The summed E-state index contributed by atoms with van der Waals surface area (Å²) in [5.41, 5.74) is 4.54. The molecule has 0 aliphatic heterocycles. The van der Waals surface area contributed by atoms with Crippen molar-refractivity contribution in [2.24, 2.45) is 0 Å². The number of rotatable bonds is 2. The standard InChI is InChI=1S/C16H12N2O/c1-11-2-3-14-7-13(4-5-16(14)18-11)15-6-12(10-19)8-17-9-15/h2-10H,1H3. The Bertz CT molecular complexity index is 766. The zero-order valence-electron chi connectivity index (χ0n) is 10.5. The van der Waals surface area contributed by atoms with Crippen LogP contribution in [0.25, 0.3) is 22.0 Å². The second kappa shape index (κ2) is 4.61. The molecule has 3 nitrogen and oxygen atoms in total. The number of hydrogen-bond donors (Lipinski definition) is 0. The molecule has 0 fully saturated rings. The number of hydrogen-bond acceptors (Lipinski definition) is 3. The summed E-state index contributed by atoms with van der Waals surface area (Å²) < 4.78 is 0. The highest BCUT2D eigenvalue weighted by molar-refractivity contribution is 5.85. The molecule has 0 aliphatic rings. The maximum absolute atomic E-state index is 10.8. The summed E-state index contributed by atoms with van der Waals surface area (Å²) in [7, 11) is 0. The van der Waals surface area contributed by atoms with Crippen LogP contribution in [0.3, 0.4) is 0 Å². The molecule has 0 N–H and O–H groups in total. The highest BCUT2D eigenvalue weighted by Gasteiger charge is 2.02. The molecule has 3 rings (SSSR count). The lowest BCUT2D eigenvalue weighted by atomic mass is 10.0. The number of benzene rings is 1. The Hall–Kier alpha value is -2.55. The maximum atomic E-state index is 10.8. The fourth-order valence-electron chi connectivity index (χ4n) is 2.09. The van der Waals surface area contributed by atoms with Gasteiger partial charge in [0.15, 0.2) is 6.29 Å². The number of aryl methyl sites for hydroxylation is 1. The molecule has 0 atom stereocenters. The summed E-state index contributed by atoms with van der Waals surface area (Å²) in [6.45, 7) is 1.98. The van der Waals surface area contributed by atoms with Crippen LogP contribution in [0.2, 0.25) is 0 Å². The highest BCUT2D eigenvalue weighted by Crippen LogP contribution is 2.23. The molecule has 0 radical (unpaired) electrons. The predicted octanol–water partition coefficient (Wildman–Crippen LogP) is 3.42. The van der Waals surface area contributed by atoms with Crippen molar-refractivity contribution >= 4 is 17.2 Å². The minimum atomic E-state index is 0.583. The van der Waals surface area contributed by atoms with E-state index < -0.39 is 0 Å². The van der Waals surface area contributed by atoms with E-state index in [1.165, 1.54) is 0 Å². The Kier molecular flexibility index (Phi) is 2.80. The van der Waals surface area contributed by atoms with Crippen molar-refractivity contribution in [1.29, 1.82) is 0 Å². The Balaban J connectivity index is 2.14. The van der Waals surface area contributed by atoms with Crippen LogP contribution >= 0.6 is 0 Å². The van der Waals surface area contributed by atoms with Crippen molar-refractivity contribution in [2.45, 2.75) is 6.92 Å². The normalized spacial score (nSPS) is 10.6. The number of carbonyl (C=O) groups is 1. The van der Waals surface area contributed by atoms with Crippen LogP contribution in [-0.4, -0.2) is 16.3 Å². The van der Waals surface area contributed by atoms with Crippen LogP contribution in [0.5, 0.6) is 0 Å². The molecule has 92 valence electrons. The van der Waals surface area contributed by atoms with Crippen LogP contribution < -0.4 is 0 Å². The number of pyridine rings is 2. The number of carbonyl (C=O) groups excluding carboxylic acids is 1. The van der Waals surface area contributed by atoms with Gasteiger partial charge in [-0.2, -0.15) is 0 Å². The van der Waals surface area contributed by atoms with Gasteiger partial charge in [-0.05, 0) is 36.8 Å². The largest absolute Gasteiger partial charge is 0.298 e. The van der Waals surface area contributed by atoms with Crippen molar-refractivity contribution in [3.63, 3.8) is 0 Å². The fourth-order valence-corrected chi connectivity index (χ4v) is 2.09. The van der Waals surface area contributed by atoms with E-state index in [2.05, 4.69) is 22.1 Å². The molecule has 3 heteroatoms. The third kappa shape index (κ3) is 2.22. The van der Waals surface area contributed by atoms with E-state index in [0.29, 0.717) is 5.56 Å². The van der Waals surface area contributed by atoms with E-state index in [0.717, 1.165) is 34.0 Å². The van der Waals surface area contributed by atoms with Gasteiger partial charge >= 0.3 is 0 Å². The van der Waals surface area contributed by atoms with Crippen LogP contribution in [0.1, 0.15) is 16.1 Å². The van der Waals surface area contributed by atoms with Crippen molar-refractivity contribution in [1.82, 2.24) is 9.97 Å². The summed E-state index contributed by atoms with van der Waals surface area (Å²) >= 11 is 0. The zero-order valence-corrected chi connectivity index (χ0v) is 10.5. The molecule has 19 heavy (non-hydrogen) atoms. The topological polar surface area (TPSA) is 42.9 Å². The second-order valence-electron chi connectivity index (χ2n) is 4.48. The minimum Gasteiger partial charge on any atom is -0.298 e. The van der Waals surface area contributed by atoms with Crippen LogP contribution in [0.4, 0.5) is 0 Å².